The van der Waals surface area contributed by atoms with E-state index < -0.39 is 11.2 Å². The summed E-state index contributed by atoms with van der Waals surface area (Å²) in [6.45, 7) is 2.48. The second-order valence-electron chi connectivity index (χ2n) is 7.56. The molecule has 2 aromatic carbocycles. The largest absolute Gasteiger partial charge is 0.494 e. The summed E-state index contributed by atoms with van der Waals surface area (Å²) in [5.74, 6) is 1.20. The topological polar surface area (TPSA) is 75.5 Å². The van der Waals surface area contributed by atoms with Gasteiger partial charge in [0.05, 0.1) is 17.3 Å². The molecule has 3 heterocycles. The fourth-order valence-electron chi connectivity index (χ4n) is 3.97. The molecule has 0 saturated carbocycles. The van der Waals surface area contributed by atoms with Crippen LogP contribution in [0.15, 0.2) is 58.3 Å². The Morgan fingerprint density at radius 3 is 2.39 bits per heavy atom. The Balaban J connectivity index is 1.90. The summed E-state index contributed by atoms with van der Waals surface area (Å²) in [6, 6.07) is 12.8. The van der Waals surface area contributed by atoms with E-state index in [4.69, 9.17) is 27.9 Å². The van der Waals surface area contributed by atoms with Gasteiger partial charge in [0, 0.05) is 36.6 Å². The molecule has 0 aliphatic carbocycles. The fourth-order valence-corrected chi connectivity index (χ4v) is 4.48. The van der Waals surface area contributed by atoms with Gasteiger partial charge in [-0.1, -0.05) is 23.2 Å². The van der Waals surface area contributed by atoms with E-state index in [0.717, 1.165) is 21.6 Å². The smallest absolute Gasteiger partial charge is 0.332 e. The minimum Gasteiger partial charge on any atom is -0.494 e. The zero-order valence-corrected chi connectivity index (χ0v) is 19.6. The Labute approximate surface area is 197 Å². The third-order valence-corrected chi connectivity index (χ3v) is 6.13. The summed E-state index contributed by atoms with van der Waals surface area (Å²) >= 11 is 12.7. The highest BCUT2D eigenvalue weighted by molar-refractivity contribution is 6.36. The van der Waals surface area contributed by atoms with Crippen LogP contribution in [0.25, 0.3) is 33.9 Å². The lowest BCUT2D eigenvalue weighted by Gasteiger charge is -2.11. The Kier molecular flexibility index (Phi) is 5.07. The number of aryl methyl sites for hydroxylation is 1. The third kappa shape index (κ3) is 3.25. The number of fused-ring (bicyclic) bond motifs is 3. The predicted molar refractivity (Wildman–Crippen MR) is 129 cm³/mol. The second-order valence-corrected chi connectivity index (χ2v) is 8.40. The molecule has 0 fully saturated rings. The Bertz CT molecular complexity index is 1660. The minimum atomic E-state index is -0.443. The zero-order chi connectivity index (χ0) is 23.4. The number of nitrogens with zero attached hydrogens (tertiary/aromatic N) is 5. The maximum atomic E-state index is 13.0. The van der Waals surface area contributed by atoms with Crippen molar-refractivity contribution in [2.24, 2.45) is 14.1 Å². The van der Waals surface area contributed by atoms with Crippen molar-refractivity contribution in [3.8, 4) is 22.7 Å². The Hall–Kier alpha value is -3.49. The number of aromatic nitrogens is 5. The number of hydrogen-bond donors (Lipinski definition) is 0. The van der Waals surface area contributed by atoms with Crippen LogP contribution in [0.3, 0.4) is 0 Å². The van der Waals surface area contributed by atoms with E-state index >= 15 is 0 Å². The molecule has 5 rings (SSSR count). The first-order chi connectivity index (χ1) is 15.8. The van der Waals surface area contributed by atoms with Crippen LogP contribution in [0.4, 0.5) is 0 Å². The highest BCUT2D eigenvalue weighted by Gasteiger charge is 2.22. The molecule has 0 atom stereocenters. The van der Waals surface area contributed by atoms with E-state index in [1.54, 1.807) is 29.8 Å². The maximum absolute atomic E-state index is 13.0. The Morgan fingerprint density at radius 2 is 1.73 bits per heavy atom. The molecular formula is C23H19Cl2N5O3. The third-order valence-electron chi connectivity index (χ3n) is 5.58. The van der Waals surface area contributed by atoms with Gasteiger partial charge in [0.1, 0.15) is 5.75 Å². The van der Waals surface area contributed by atoms with Crippen LogP contribution < -0.4 is 16.0 Å². The van der Waals surface area contributed by atoms with E-state index in [2.05, 4.69) is 4.98 Å². The molecule has 33 heavy (non-hydrogen) atoms. The lowest BCUT2D eigenvalue weighted by molar-refractivity contribution is 0.340. The van der Waals surface area contributed by atoms with E-state index in [1.165, 1.54) is 11.6 Å². The molecular weight excluding hydrogens is 465 g/mol. The molecule has 10 heteroatoms. The van der Waals surface area contributed by atoms with Gasteiger partial charge in [0.25, 0.3) is 5.56 Å². The summed E-state index contributed by atoms with van der Waals surface area (Å²) in [6.07, 6.45) is 1.79. The van der Waals surface area contributed by atoms with Gasteiger partial charge in [-0.3, -0.25) is 22.9 Å². The standard InChI is InChI=1S/C23H19Cl2N5O3/c1-4-33-15-8-6-14(7-9-15)30-18(16-10-5-13(24)11-17(16)25)12-29-19-20(26-22(29)30)27(2)23(32)28(3)21(19)31/h5-12H,4H2,1-3H3. The molecule has 0 radical (unpaired) electrons. The molecule has 0 N–H and O–H groups in total. The van der Waals surface area contributed by atoms with Crippen LogP contribution in [0.5, 0.6) is 5.75 Å². The van der Waals surface area contributed by atoms with Gasteiger partial charge < -0.3 is 4.74 Å². The second kappa shape index (κ2) is 7.83. The van der Waals surface area contributed by atoms with Crippen molar-refractivity contribution >= 4 is 40.1 Å². The van der Waals surface area contributed by atoms with Crippen molar-refractivity contribution in [1.29, 1.82) is 0 Å². The van der Waals surface area contributed by atoms with Crippen LogP contribution in [0.1, 0.15) is 6.92 Å². The minimum absolute atomic E-state index is 0.297. The van der Waals surface area contributed by atoms with Crippen LogP contribution in [-0.4, -0.2) is 29.7 Å². The number of imidazole rings is 2. The molecule has 8 nitrogen and oxygen atoms in total. The number of rotatable bonds is 4. The molecule has 0 aliphatic rings. The van der Waals surface area contributed by atoms with Crippen LogP contribution in [0, 0.1) is 0 Å². The number of benzene rings is 2. The van der Waals surface area contributed by atoms with Crippen molar-refractivity contribution < 1.29 is 4.74 Å². The molecule has 3 aromatic heterocycles. The first-order valence-corrected chi connectivity index (χ1v) is 11.0. The monoisotopic (exact) mass is 483 g/mol. The quantitative estimate of drug-likeness (QED) is 0.386. The zero-order valence-electron chi connectivity index (χ0n) is 18.0. The summed E-state index contributed by atoms with van der Waals surface area (Å²) < 4.78 is 11.6. The van der Waals surface area contributed by atoms with Crippen molar-refractivity contribution in [2.45, 2.75) is 6.92 Å². The molecule has 5 aromatic rings. The molecule has 0 bridgehead atoms. The molecule has 0 amide bonds. The fraction of sp³-hybridized carbons (Fsp3) is 0.174. The summed E-state index contributed by atoms with van der Waals surface area (Å²) in [7, 11) is 3.04. The van der Waals surface area contributed by atoms with Crippen molar-refractivity contribution in [3.05, 3.63) is 79.5 Å². The van der Waals surface area contributed by atoms with Gasteiger partial charge in [-0.2, -0.15) is 4.98 Å². The summed E-state index contributed by atoms with van der Waals surface area (Å²) in [4.78, 5) is 30.1. The van der Waals surface area contributed by atoms with E-state index in [0.29, 0.717) is 39.3 Å². The summed E-state index contributed by atoms with van der Waals surface area (Å²) in [5.41, 5.74) is 1.93. The normalized spacial score (nSPS) is 11.5. The molecule has 0 saturated heterocycles. The van der Waals surface area contributed by atoms with Gasteiger partial charge in [-0.25, -0.2) is 4.79 Å². The number of hydrogen-bond acceptors (Lipinski definition) is 4. The van der Waals surface area contributed by atoms with Crippen molar-refractivity contribution in [3.63, 3.8) is 0 Å². The SMILES string of the molecule is CCOc1ccc(-n2c(-c3ccc(Cl)cc3Cl)cn3c4c(=O)n(C)c(=O)n(C)c4nc23)cc1. The van der Waals surface area contributed by atoms with Gasteiger partial charge in [0.2, 0.25) is 5.78 Å². The molecule has 168 valence electrons. The average molecular weight is 484 g/mol. The maximum Gasteiger partial charge on any atom is 0.332 e. The number of halogens is 2. The number of ether oxygens (including phenoxy) is 1. The predicted octanol–water partition coefficient (Wildman–Crippen LogP) is 4.05. The van der Waals surface area contributed by atoms with Gasteiger partial charge in [-0.05, 0) is 49.4 Å². The van der Waals surface area contributed by atoms with Gasteiger partial charge >= 0.3 is 5.69 Å². The molecule has 0 aliphatic heterocycles. The van der Waals surface area contributed by atoms with Crippen molar-refractivity contribution in [2.75, 3.05) is 6.61 Å². The van der Waals surface area contributed by atoms with Crippen molar-refractivity contribution in [1.82, 2.24) is 23.1 Å². The van der Waals surface area contributed by atoms with Crippen LogP contribution in [0.2, 0.25) is 10.0 Å². The van der Waals surface area contributed by atoms with Gasteiger partial charge in [0.15, 0.2) is 11.2 Å². The van der Waals surface area contributed by atoms with Crippen LogP contribution >= 0.6 is 23.2 Å². The van der Waals surface area contributed by atoms with Gasteiger partial charge in [-0.15, -0.1) is 0 Å². The average Bonchev–Trinajstić information content (AvgIpc) is 3.33. The molecule has 0 unspecified atom stereocenters. The van der Waals surface area contributed by atoms with E-state index in [1.807, 2.05) is 41.8 Å². The van der Waals surface area contributed by atoms with E-state index in [9.17, 15) is 9.59 Å². The molecule has 0 spiro atoms. The lowest BCUT2D eigenvalue weighted by Crippen LogP contribution is -2.37. The van der Waals surface area contributed by atoms with E-state index in [-0.39, 0.29) is 0 Å². The first-order valence-electron chi connectivity index (χ1n) is 10.2. The van der Waals surface area contributed by atoms with Crippen LogP contribution in [-0.2, 0) is 14.1 Å². The lowest BCUT2D eigenvalue weighted by atomic mass is 10.1. The Morgan fingerprint density at radius 1 is 1.00 bits per heavy atom. The first kappa shape index (κ1) is 21.4. The highest BCUT2D eigenvalue weighted by Crippen LogP contribution is 2.35. The summed E-state index contributed by atoms with van der Waals surface area (Å²) in [5, 5.41) is 0.974. The highest BCUT2D eigenvalue weighted by atomic mass is 35.5.